The number of aliphatic hydroxyl groups excluding tert-OH is 1. The average Bonchev–Trinajstić information content (AvgIpc) is 3.01. The van der Waals surface area contributed by atoms with Crippen LogP contribution < -0.4 is 0 Å². The summed E-state index contributed by atoms with van der Waals surface area (Å²) < 4.78 is 5.62. The molecule has 1 fully saturated rings. The lowest BCUT2D eigenvalue weighted by molar-refractivity contribution is 0.0736. The minimum Gasteiger partial charge on any atom is -0.445 e. The first-order valence-electron chi connectivity index (χ1n) is 9.79. The molecule has 4 nitrogen and oxygen atoms in total. The largest absolute Gasteiger partial charge is 0.445 e. The van der Waals surface area contributed by atoms with Crippen LogP contribution in [0.15, 0.2) is 30.3 Å². The van der Waals surface area contributed by atoms with Gasteiger partial charge in [0.05, 0.1) is 6.10 Å². The van der Waals surface area contributed by atoms with Crippen LogP contribution in [0, 0.1) is 0 Å². The maximum absolute atomic E-state index is 12.8. The van der Waals surface area contributed by atoms with Crippen molar-refractivity contribution in [2.24, 2.45) is 0 Å². The highest BCUT2D eigenvalue weighted by Crippen LogP contribution is 2.31. The quantitative estimate of drug-likeness (QED) is 0.691. The average molecular weight is 347 g/mol. The van der Waals surface area contributed by atoms with Gasteiger partial charge in [-0.1, -0.05) is 50.1 Å². The van der Waals surface area contributed by atoms with E-state index in [1.807, 2.05) is 42.2 Å². The van der Waals surface area contributed by atoms with Gasteiger partial charge in [-0.15, -0.1) is 0 Å². The lowest BCUT2D eigenvalue weighted by atomic mass is 10.1. The smallest absolute Gasteiger partial charge is 0.410 e. The van der Waals surface area contributed by atoms with Gasteiger partial charge in [-0.2, -0.15) is 0 Å². The molecule has 1 N–H and O–H groups in total. The van der Waals surface area contributed by atoms with Crippen LogP contribution in [-0.4, -0.2) is 34.3 Å². The summed E-state index contributed by atoms with van der Waals surface area (Å²) in [4.78, 5) is 14.8. The molecule has 0 aliphatic carbocycles. The number of unbranched alkanes of at least 4 members (excludes halogenated alkanes) is 1. The molecule has 3 atom stereocenters. The van der Waals surface area contributed by atoms with E-state index in [1.165, 1.54) is 0 Å². The van der Waals surface area contributed by atoms with Gasteiger partial charge in [0.25, 0.3) is 0 Å². The van der Waals surface area contributed by atoms with E-state index >= 15 is 0 Å². The number of carbonyl (C=O) groups excluding carboxylic acids is 1. The van der Waals surface area contributed by atoms with Crippen LogP contribution in [0.2, 0.25) is 0 Å². The van der Waals surface area contributed by atoms with Gasteiger partial charge in [-0.05, 0) is 51.0 Å². The third-order valence-electron chi connectivity index (χ3n) is 5.09. The van der Waals surface area contributed by atoms with E-state index in [1.54, 1.807) is 0 Å². The summed E-state index contributed by atoms with van der Waals surface area (Å²) in [5.74, 6) is 0. The molecule has 1 aliphatic heterocycles. The summed E-state index contributed by atoms with van der Waals surface area (Å²) in [5, 5.41) is 9.47. The normalized spacial score (nSPS) is 21.3. The van der Waals surface area contributed by atoms with Crippen LogP contribution >= 0.6 is 0 Å². The number of aliphatic hydroxyl groups is 1. The Hall–Kier alpha value is -1.55. The topological polar surface area (TPSA) is 49.8 Å². The SMILES string of the molecule is CCCC[C@@H]1CC[C@@H](CCCC(C)O)N1C(=O)OCc1ccccc1. The Bertz CT molecular complexity index is 503. The number of rotatable bonds is 9. The molecule has 0 spiro atoms. The van der Waals surface area contributed by atoms with Crippen molar-refractivity contribution in [3.63, 3.8) is 0 Å². The molecule has 140 valence electrons. The first-order chi connectivity index (χ1) is 12.1. The molecule has 1 unspecified atom stereocenters. The number of likely N-dealkylation sites (tertiary alicyclic amines) is 1. The van der Waals surface area contributed by atoms with Crippen LogP contribution in [0.25, 0.3) is 0 Å². The van der Waals surface area contributed by atoms with Crippen molar-refractivity contribution < 1.29 is 14.6 Å². The van der Waals surface area contributed by atoms with Crippen LogP contribution in [0.1, 0.15) is 70.8 Å². The molecule has 1 aromatic rings. The maximum atomic E-state index is 12.8. The molecule has 2 rings (SSSR count). The second-order valence-electron chi connectivity index (χ2n) is 7.25. The monoisotopic (exact) mass is 347 g/mol. The van der Waals surface area contributed by atoms with E-state index in [9.17, 15) is 9.90 Å². The first-order valence-corrected chi connectivity index (χ1v) is 9.79. The number of amides is 1. The van der Waals surface area contributed by atoms with Gasteiger partial charge in [0, 0.05) is 12.1 Å². The van der Waals surface area contributed by atoms with Crippen molar-refractivity contribution in [1.82, 2.24) is 4.90 Å². The Morgan fingerprint density at radius 1 is 1.20 bits per heavy atom. The second-order valence-corrected chi connectivity index (χ2v) is 7.25. The molecule has 1 heterocycles. The minimum absolute atomic E-state index is 0.176. The fourth-order valence-corrected chi connectivity index (χ4v) is 3.71. The Kier molecular flexibility index (Phi) is 8.26. The predicted molar refractivity (Wildman–Crippen MR) is 100 cm³/mol. The third-order valence-corrected chi connectivity index (χ3v) is 5.09. The van der Waals surface area contributed by atoms with Crippen molar-refractivity contribution in [2.45, 2.75) is 90.0 Å². The van der Waals surface area contributed by atoms with Gasteiger partial charge >= 0.3 is 6.09 Å². The molecular weight excluding hydrogens is 314 g/mol. The second kappa shape index (κ2) is 10.4. The third kappa shape index (κ3) is 6.35. The van der Waals surface area contributed by atoms with E-state index in [0.717, 1.165) is 56.9 Å². The number of ether oxygens (including phenoxy) is 1. The zero-order valence-corrected chi connectivity index (χ0v) is 15.7. The van der Waals surface area contributed by atoms with Gasteiger partial charge in [0.2, 0.25) is 0 Å². The zero-order valence-electron chi connectivity index (χ0n) is 15.7. The van der Waals surface area contributed by atoms with Crippen molar-refractivity contribution in [3.8, 4) is 0 Å². The minimum atomic E-state index is -0.268. The predicted octanol–water partition coefficient (Wildman–Crippen LogP) is 4.90. The number of hydrogen-bond acceptors (Lipinski definition) is 3. The molecule has 0 aromatic heterocycles. The maximum Gasteiger partial charge on any atom is 0.410 e. The summed E-state index contributed by atoms with van der Waals surface area (Å²) in [6.07, 6.45) is 7.73. The Morgan fingerprint density at radius 3 is 2.44 bits per heavy atom. The van der Waals surface area contributed by atoms with Crippen LogP contribution in [0.4, 0.5) is 4.79 Å². The number of carbonyl (C=O) groups is 1. The molecule has 1 amide bonds. The van der Waals surface area contributed by atoms with Gasteiger partial charge in [0.1, 0.15) is 6.61 Å². The molecule has 1 aliphatic rings. The van der Waals surface area contributed by atoms with Gasteiger partial charge in [0.15, 0.2) is 0 Å². The summed E-state index contributed by atoms with van der Waals surface area (Å²) in [7, 11) is 0. The molecule has 0 saturated carbocycles. The summed E-state index contributed by atoms with van der Waals surface area (Å²) in [6, 6.07) is 10.4. The van der Waals surface area contributed by atoms with Crippen LogP contribution in [0.3, 0.4) is 0 Å². The van der Waals surface area contributed by atoms with E-state index in [2.05, 4.69) is 6.92 Å². The highest BCUT2D eigenvalue weighted by molar-refractivity contribution is 5.69. The van der Waals surface area contributed by atoms with Crippen molar-refractivity contribution in [2.75, 3.05) is 0 Å². The van der Waals surface area contributed by atoms with E-state index in [0.29, 0.717) is 12.6 Å². The zero-order chi connectivity index (χ0) is 18.1. The lowest BCUT2D eigenvalue weighted by Crippen LogP contribution is -2.41. The van der Waals surface area contributed by atoms with Crippen molar-refractivity contribution in [1.29, 1.82) is 0 Å². The molecule has 0 bridgehead atoms. The Labute approximate surface area is 152 Å². The molecule has 1 saturated heterocycles. The summed E-state index contributed by atoms with van der Waals surface area (Å²) >= 11 is 0. The van der Waals surface area contributed by atoms with E-state index < -0.39 is 0 Å². The first kappa shape index (κ1) is 19.8. The highest BCUT2D eigenvalue weighted by Gasteiger charge is 2.37. The molecular formula is C21H33NO3. The van der Waals surface area contributed by atoms with Crippen LogP contribution in [-0.2, 0) is 11.3 Å². The molecule has 0 radical (unpaired) electrons. The van der Waals surface area contributed by atoms with Crippen LogP contribution in [0.5, 0.6) is 0 Å². The summed E-state index contributed by atoms with van der Waals surface area (Å²) in [5.41, 5.74) is 1.02. The van der Waals surface area contributed by atoms with E-state index in [-0.39, 0.29) is 18.2 Å². The van der Waals surface area contributed by atoms with Crippen molar-refractivity contribution >= 4 is 6.09 Å². The lowest BCUT2D eigenvalue weighted by Gasteiger charge is -2.30. The number of hydrogen-bond donors (Lipinski definition) is 1. The highest BCUT2D eigenvalue weighted by atomic mass is 16.6. The van der Waals surface area contributed by atoms with Gasteiger partial charge in [-0.25, -0.2) is 4.79 Å². The number of nitrogens with zero attached hydrogens (tertiary/aromatic N) is 1. The van der Waals surface area contributed by atoms with E-state index in [4.69, 9.17) is 4.74 Å². The summed E-state index contributed by atoms with van der Waals surface area (Å²) in [6.45, 7) is 4.34. The number of benzene rings is 1. The Morgan fingerprint density at radius 2 is 1.84 bits per heavy atom. The Balaban J connectivity index is 1.93. The molecule has 25 heavy (non-hydrogen) atoms. The van der Waals surface area contributed by atoms with Crippen molar-refractivity contribution in [3.05, 3.63) is 35.9 Å². The van der Waals surface area contributed by atoms with Gasteiger partial charge < -0.3 is 14.7 Å². The fourth-order valence-electron chi connectivity index (χ4n) is 3.71. The fraction of sp³-hybridized carbons (Fsp3) is 0.667. The molecule has 4 heteroatoms. The standard InChI is InChI=1S/C21H33NO3/c1-3-4-12-19-14-15-20(13-8-9-17(2)23)22(19)21(24)25-16-18-10-6-5-7-11-18/h5-7,10-11,17,19-20,23H,3-4,8-9,12-16H2,1-2H3/t17?,19-,20-/m1/s1. The van der Waals surface area contributed by atoms with Gasteiger partial charge in [-0.3, -0.25) is 0 Å². The molecule has 1 aromatic carbocycles.